The Balaban J connectivity index is 1.94. The maximum absolute atomic E-state index is 12.8. The minimum absolute atomic E-state index is 0.121. The molecule has 160 valence electrons. The molecule has 0 unspecified atom stereocenters. The number of rotatable bonds is 8. The summed E-state index contributed by atoms with van der Waals surface area (Å²) in [5.74, 6) is 0.165. The normalized spacial score (nSPS) is 16.1. The number of amides is 2. The second kappa shape index (κ2) is 10.8. The number of benzene rings is 1. The van der Waals surface area contributed by atoms with Gasteiger partial charge in [0.2, 0.25) is 5.91 Å². The highest BCUT2D eigenvalue weighted by molar-refractivity contribution is 8.76. The van der Waals surface area contributed by atoms with Crippen LogP contribution >= 0.6 is 21.6 Å². The lowest BCUT2D eigenvalue weighted by Crippen LogP contribution is -2.53. The zero-order valence-corrected chi connectivity index (χ0v) is 18.6. The van der Waals surface area contributed by atoms with E-state index in [4.69, 9.17) is 9.84 Å². The molecule has 1 atom stereocenters. The summed E-state index contributed by atoms with van der Waals surface area (Å²) in [4.78, 5) is 37.5. The number of hydrogen-bond donors (Lipinski definition) is 2. The topological polar surface area (TPSA) is 95.9 Å². The molecule has 1 aromatic carbocycles. The highest BCUT2D eigenvalue weighted by atomic mass is 33.1. The Morgan fingerprint density at radius 2 is 1.83 bits per heavy atom. The van der Waals surface area contributed by atoms with Crippen molar-refractivity contribution in [3.8, 4) is 0 Å². The third-order valence-corrected chi connectivity index (χ3v) is 6.55. The van der Waals surface area contributed by atoms with Gasteiger partial charge < -0.3 is 15.2 Å². The third kappa shape index (κ3) is 7.81. The molecule has 1 heterocycles. The molecule has 0 bridgehead atoms. The first-order valence-corrected chi connectivity index (χ1v) is 12.0. The Morgan fingerprint density at radius 3 is 2.48 bits per heavy atom. The van der Waals surface area contributed by atoms with Crippen LogP contribution in [0.25, 0.3) is 0 Å². The van der Waals surface area contributed by atoms with E-state index in [1.807, 2.05) is 24.3 Å². The molecule has 0 aliphatic carbocycles. The van der Waals surface area contributed by atoms with Crippen LogP contribution in [0.5, 0.6) is 0 Å². The summed E-state index contributed by atoms with van der Waals surface area (Å²) < 4.78 is 5.51. The minimum Gasteiger partial charge on any atom is -0.481 e. The molecule has 2 rings (SSSR count). The number of aliphatic carboxylic acids is 1. The largest absolute Gasteiger partial charge is 0.481 e. The van der Waals surface area contributed by atoms with Crippen molar-refractivity contribution >= 4 is 39.6 Å². The van der Waals surface area contributed by atoms with E-state index in [1.165, 1.54) is 26.5 Å². The number of nitrogens with zero attached hydrogens (tertiary/aromatic N) is 1. The summed E-state index contributed by atoms with van der Waals surface area (Å²) in [7, 11) is 2.99. The van der Waals surface area contributed by atoms with E-state index in [-0.39, 0.29) is 12.3 Å². The number of hydrogen-bond acceptors (Lipinski definition) is 6. The van der Waals surface area contributed by atoms with Crippen molar-refractivity contribution in [1.82, 2.24) is 10.2 Å². The molecule has 7 nitrogen and oxygen atoms in total. The Hall–Kier alpha value is -1.87. The smallest absolute Gasteiger partial charge is 0.411 e. The molecule has 0 radical (unpaired) electrons. The zero-order valence-electron chi connectivity index (χ0n) is 17.0. The molecule has 1 aliphatic heterocycles. The maximum atomic E-state index is 12.8. The summed E-state index contributed by atoms with van der Waals surface area (Å²) in [6.07, 6.45) is 0.0729. The Bertz CT molecular complexity index is 736. The Kier molecular flexibility index (Phi) is 8.70. The highest BCUT2D eigenvalue weighted by Gasteiger charge is 2.36. The fraction of sp³-hybridized carbons (Fsp3) is 0.550. The number of nitrogens with one attached hydrogen (secondary N) is 1. The molecule has 29 heavy (non-hydrogen) atoms. The average molecular weight is 441 g/mol. The molecule has 9 heteroatoms. The van der Waals surface area contributed by atoms with Crippen LogP contribution in [-0.2, 0) is 27.3 Å². The van der Waals surface area contributed by atoms with Gasteiger partial charge in [-0.05, 0) is 31.9 Å². The van der Waals surface area contributed by atoms with Crippen LogP contribution < -0.4 is 5.32 Å². The lowest BCUT2D eigenvalue weighted by atomic mass is 9.94. The number of carboxylic acid groups (broad SMARTS) is 1. The number of fused-ring (bicyclic) bond motifs is 1. The van der Waals surface area contributed by atoms with Gasteiger partial charge in [-0.25, -0.2) is 4.79 Å². The van der Waals surface area contributed by atoms with E-state index in [0.29, 0.717) is 31.0 Å². The highest BCUT2D eigenvalue weighted by Crippen LogP contribution is 2.26. The minimum atomic E-state index is -0.814. The summed E-state index contributed by atoms with van der Waals surface area (Å²) in [6.45, 7) is 6.19. The van der Waals surface area contributed by atoms with Crippen molar-refractivity contribution < 1.29 is 24.2 Å². The molecule has 0 aromatic heterocycles. The first-order valence-electron chi connectivity index (χ1n) is 9.47. The molecular weight excluding hydrogens is 412 g/mol. The predicted molar refractivity (Wildman–Crippen MR) is 116 cm³/mol. The summed E-state index contributed by atoms with van der Waals surface area (Å²) in [5.41, 5.74) is 1.44. The number of carbonyl (C=O) groups excluding carboxylic acids is 2. The van der Waals surface area contributed by atoms with Crippen molar-refractivity contribution in [3.63, 3.8) is 0 Å². The van der Waals surface area contributed by atoms with Gasteiger partial charge in [-0.3, -0.25) is 14.5 Å². The van der Waals surface area contributed by atoms with Gasteiger partial charge in [0.05, 0.1) is 13.0 Å². The number of carboxylic acids is 1. The molecular formula is C20H28N2O5S2. The van der Waals surface area contributed by atoms with Crippen molar-refractivity contribution in [1.29, 1.82) is 0 Å². The first kappa shape index (κ1) is 23.4. The van der Waals surface area contributed by atoms with Crippen molar-refractivity contribution in [2.75, 3.05) is 18.1 Å². The first-order chi connectivity index (χ1) is 13.7. The van der Waals surface area contributed by atoms with E-state index in [0.717, 1.165) is 11.1 Å². The monoisotopic (exact) mass is 440 g/mol. The van der Waals surface area contributed by atoms with Gasteiger partial charge in [0.1, 0.15) is 11.6 Å². The molecule has 0 spiro atoms. The van der Waals surface area contributed by atoms with Crippen LogP contribution in [0.15, 0.2) is 24.3 Å². The average Bonchev–Trinajstić information content (AvgIpc) is 2.64. The van der Waals surface area contributed by atoms with Gasteiger partial charge in [-0.2, -0.15) is 0 Å². The lowest BCUT2D eigenvalue weighted by Gasteiger charge is -2.36. The van der Waals surface area contributed by atoms with Gasteiger partial charge in [0.15, 0.2) is 0 Å². The molecule has 0 fully saturated rings. The van der Waals surface area contributed by atoms with Crippen LogP contribution in [0.3, 0.4) is 0 Å². The fourth-order valence-electron chi connectivity index (χ4n) is 2.85. The van der Waals surface area contributed by atoms with E-state index in [1.54, 1.807) is 20.8 Å². The molecule has 1 aliphatic rings. The Labute approximate surface area is 179 Å². The van der Waals surface area contributed by atoms with Gasteiger partial charge in [-0.1, -0.05) is 45.9 Å². The number of carbonyl (C=O) groups is 3. The zero-order chi connectivity index (χ0) is 21.4. The molecule has 2 amide bonds. The van der Waals surface area contributed by atoms with Gasteiger partial charge in [0.25, 0.3) is 0 Å². The van der Waals surface area contributed by atoms with Crippen molar-refractivity contribution in [2.24, 2.45) is 0 Å². The third-order valence-electron chi connectivity index (χ3n) is 4.15. The molecule has 1 aromatic rings. The maximum Gasteiger partial charge on any atom is 0.411 e. The van der Waals surface area contributed by atoms with E-state index < -0.39 is 23.7 Å². The van der Waals surface area contributed by atoms with Gasteiger partial charge in [-0.15, -0.1) is 0 Å². The predicted octanol–water partition coefficient (Wildman–Crippen LogP) is 3.32. The molecule has 0 saturated heterocycles. The quantitative estimate of drug-likeness (QED) is 0.473. The van der Waals surface area contributed by atoms with E-state index in [2.05, 4.69) is 5.32 Å². The fourth-order valence-corrected chi connectivity index (χ4v) is 4.74. The molecule has 0 saturated carbocycles. The van der Waals surface area contributed by atoms with E-state index in [9.17, 15) is 14.4 Å². The van der Waals surface area contributed by atoms with Crippen LogP contribution in [0, 0.1) is 0 Å². The standard InChI is InChI=1S/C20H28N2O5S2/c1-20(2,3)27-19(26)22-13-15-7-5-4-6-14(15)12-16(22)18(25)21-9-11-29-28-10-8-17(23)24/h4-7,16H,8-13H2,1-3H3,(H,21,25)(H,23,24)/t16-/m1/s1. The Morgan fingerprint density at radius 1 is 1.17 bits per heavy atom. The molecule has 2 N–H and O–H groups in total. The van der Waals surface area contributed by atoms with Crippen molar-refractivity contribution in [2.45, 2.75) is 51.8 Å². The summed E-state index contributed by atoms with van der Waals surface area (Å²) >= 11 is 0. The van der Waals surface area contributed by atoms with Crippen LogP contribution in [-0.4, -0.2) is 57.7 Å². The summed E-state index contributed by atoms with van der Waals surface area (Å²) in [6, 6.07) is 7.18. The van der Waals surface area contributed by atoms with Gasteiger partial charge >= 0.3 is 12.1 Å². The SMILES string of the molecule is CC(C)(C)OC(=O)N1Cc2ccccc2C[C@@H]1C(=O)NCCSSCCC(=O)O. The second-order valence-corrected chi connectivity index (χ2v) is 10.4. The van der Waals surface area contributed by atoms with E-state index >= 15 is 0 Å². The van der Waals surface area contributed by atoms with Crippen molar-refractivity contribution in [3.05, 3.63) is 35.4 Å². The lowest BCUT2D eigenvalue weighted by molar-refractivity contribution is -0.136. The second-order valence-electron chi connectivity index (χ2n) is 7.68. The van der Waals surface area contributed by atoms with Crippen LogP contribution in [0.1, 0.15) is 38.3 Å². The van der Waals surface area contributed by atoms with Crippen LogP contribution in [0.2, 0.25) is 0 Å². The number of ether oxygens (including phenoxy) is 1. The van der Waals surface area contributed by atoms with Crippen LogP contribution in [0.4, 0.5) is 4.79 Å². The van der Waals surface area contributed by atoms with Gasteiger partial charge in [0, 0.05) is 24.5 Å². The summed E-state index contributed by atoms with van der Waals surface area (Å²) in [5, 5.41) is 11.5.